The summed E-state index contributed by atoms with van der Waals surface area (Å²) in [5.74, 6) is -1.21. The van der Waals surface area contributed by atoms with Crippen LogP contribution < -0.4 is 5.32 Å². The number of hydrogen-bond acceptors (Lipinski definition) is 3. The Kier molecular flexibility index (Phi) is 3.33. The summed E-state index contributed by atoms with van der Waals surface area (Å²) in [5, 5.41) is 22.3. The van der Waals surface area contributed by atoms with Gasteiger partial charge in [0.15, 0.2) is 0 Å². The molecule has 4 heteroatoms. The van der Waals surface area contributed by atoms with E-state index in [2.05, 4.69) is 5.32 Å². The van der Waals surface area contributed by atoms with E-state index in [-0.39, 0.29) is 0 Å². The molecule has 0 spiro atoms. The van der Waals surface area contributed by atoms with Gasteiger partial charge in [-0.1, -0.05) is 18.2 Å². The molecule has 2 unspecified atom stereocenters. The molecule has 17 heavy (non-hydrogen) atoms. The first kappa shape index (κ1) is 11.9. The number of carboxylic acid groups (broad SMARTS) is 1. The van der Waals surface area contributed by atoms with Gasteiger partial charge in [-0.25, -0.2) is 0 Å². The number of aliphatic carboxylic acids is 1. The Hall–Kier alpha value is -1.55. The molecule has 0 heterocycles. The Labute approximate surface area is 100 Å². The molecular formula is C13H17NO3. The summed E-state index contributed by atoms with van der Waals surface area (Å²) < 4.78 is 0. The maximum Gasteiger partial charge on any atom is 0.306 e. The van der Waals surface area contributed by atoms with Gasteiger partial charge in [0.1, 0.15) is 0 Å². The molecule has 3 N–H and O–H groups in total. The molecule has 1 aliphatic rings. The van der Waals surface area contributed by atoms with Crippen molar-refractivity contribution in [2.45, 2.75) is 24.9 Å². The molecule has 1 aromatic rings. The van der Waals surface area contributed by atoms with Crippen LogP contribution in [0.25, 0.3) is 0 Å². The second-order valence-corrected chi connectivity index (χ2v) is 4.72. The number of rotatable bonds is 4. The largest absolute Gasteiger partial charge is 0.481 e. The summed E-state index contributed by atoms with van der Waals surface area (Å²) in [7, 11) is 0. The van der Waals surface area contributed by atoms with E-state index in [1.165, 1.54) is 0 Å². The van der Waals surface area contributed by atoms with Crippen molar-refractivity contribution in [2.75, 3.05) is 11.9 Å². The molecule has 1 fully saturated rings. The van der Waals surface area contributed by atoms with Crippen molar-refractivity contribution < 1.29 is 15.0 Å². The Balaban J connectivity index is 1.89. The molecule has 0 bridgehead atoms. The standard InChI is InChI=1S/C13H17NO3/c15-12(16)10-6-7-13(17,8-10)9-14-11-4-2-1-3-5-11/h1-5,10,14,17H,6-9H2,(H,15,16). The highest BCUT2D eigenvalue weighted by molar-refractivity contribution is 5.70. The molecule has 0 aliphatic heterocycles. The second-order valence-electron chi connectivity index (χ2n) is 4.72. The van der Waals surface area contributed by atoms with E-state index in [1.54, 1.807) is 0 Å². The second kappa shape index (κ2) is 4.75. The lowest BCUT2D eigenvalue weighted by molar-refractivity contribution is -0.142. The van der Waals surface area contributed by atoms with Gasteiger partial charge < -0.3 is 15.5 Å². The molecule has 2 rings (SSSR count). The predicted octanol–water partition coefficient (Wildman–Crippen LogP) is 1.71. The van der Waals surface area contributed by atoms with Crippen LogP contribution in [0.5, 0.6) is 0 Å². The van der Waals surface area contributed by atoms with Crippen molar-refractivity contribution >= 4 is 11.7 Å². The van der Waals surface area contributed by atoms with Crippen LogP contribution in [-0.2, 0) is 4.79 Å². The van der Waals surface area contributed by atoms with E-state index in [0.717, 1.165) is 5.69 Å². The normalized spacial score (nSPS) is 27.9. The van der Waals surface area contributed by atoms with Gasteiger partial charge >= 0.3 is 5.97 Å². The van der Waals surface area contributed by atoms with E-state index in [9.17, 15) is 9.90 Å². The zero-order valence-corrected chi connectivity index (χ0v) is 9.60. The SMILES string of the molecule is O=C(O)C1CCC(O)(CNc2ccccc2)C1. The van der Waals surface area contributed by atoms with Crippen LogP contribution in [0.15, 0.2) is 30.3 Å². The highest BCUT2D eigenvalue weighted by Gasteiger charge is 2.40. The average Bonchev–Trinajstić information content (AvgIpc) is 2.72. The molecule has 0 amide bonds. The molecule has 1 aliphatic carbocycles. The minimum absolute atomic E-state index is 0.335. The third-order valence-corrected chi connectivity index (χ3v) is 3.33. The topological polar surface area (TPSA) is 69.6 Å². The lowest BCUT2D eigenvalue weighted by Crippen LogP contribution is -2.34. The molecule has 0 aromatic heterocycles. The van der Waals surface area contributed by atoms with Gasteiger partial charge in [-0.2, -0.15) is 0 Å². The van der Waals surface area contributed by atoms with Crippen molar-refractivity contribution in [3.05, 3.63) is 30.3 Å². The lowest BCUT2D eigenvalue weighted by Gasteiger charge is -2.23. The summed E-state index contributed by atoms with van der Waals surface area (Å²) in [6.45, 7) is 0.404. The molecule has 4 nitrogen and oxygen atoms in total. The molecule has 0 saturated heterocycles. The summed E-state index contributed by atoms with van der Waals surface area (Å²) in [6, 6.07) is 9.61. The third kappa shape index (κ3) is 2.97. The van der Waals surface area contributed by atoms with Gasteiger partial charge in [0.25, 0.3) is 0 Å². The highest BCUT2D eigenvalue weighted by atomic mass is 16.4. The number of anilines is 1. The van der Waals surface area contributed by atoms with Crippen molar-refractivity contribution in [3.63, 3.8) is 0 Å². The lowest BCUT2D eigenvalue weighted by atomic mass is 10.00. The number of aliphatic hydroxyl groups is 1. The Morgan fingerprint density at radius 1 is 1.41 bits per heavy atom. The van der Waals surface area contributed by atoms with Crippen molar-refractivity contribution in [1.82, 2.24) is 0 Å². The summed E-state index contributed by atoms with van der Waals surface area (Å²) in [5.41, 5.74) is 0.0542. The molecular weight excluding hydrogens is 218 g/mol. The molecule has 1 aromatic carbocycles. The van der Waals surface area contributed by atoms with Crippen LogP contribution in [0.4, 0.5) is 5.69 Å². The third-order valence-electron chi connectivity index (χ3n) is 3.33. The van der Waals surface area contributed by atoms with Crippen molar-refractivity contribution in [3.8, 4) is 0 Å². The zero-order valence-electron chi connectivity index (χ0n) is 9.60. The number of nitrogens with one attached hydrogen (secondary N) is 1. The number of benzene rings is 1. The van der Waals surface area contributed by atoms with Crippen molar-refractivity contribution in [1.29, 1.82) is 0 Å². The first-order chi connectivity index (χ1) is 8.09. The monoisotopic (exact) mass is 235 g/mol. The predicted molar refractivity (Wildman–Crippen MR) is 64.9 cm³/mol. The highest BCUT2D eigenvalue weighted by Crippen LogP contribution is 2.34. The van der Waals surface area contributed by atoms with Gasteiger partial charge in [-0.3, -0.25) is 4.79 Å². The average molecular weight is 235 g/mol. The Morgan fingerprint density at radius 3 is 2.71 bits per heavy atom. The number of carbonyl (C=O) groups is 1. The Morgan fingerprint density at radius 2 is 2.12 bits per heavy atom. The number of hydrogen-bond donors (Lipinski definition) is 3. The van der Waals surface area contributed by atoms with Crippen LogP contribution in [0.1, 0.15) is 19.3 Å². The van der Waals surface area contributed by atoms with Crippen LogP contribution in [-0.4, -0.2) is 28.3 Å². The van der Waals surface area contributed by atoms with Crippen molar-refractivity contribution in [2.24, 2.45) is 5.92 Å². The molecule has 2 atom stereocenters. The Bertz CT molecular complexity index is 393. The fraction of sp³-hybridized carbons (Fsp3) is 0.462. The molecule has 1 saturated carbocycles. The van der Waals surface area contributed by atoms with Gasteiger partial charge in [0.2, 0.25) is 0 Å². The summed E-state index contributed by atoms with van der Waals surface area (Å²) in [4.78, 5) is 10.8. The minimum atomic E-state index is -0.890. The van der Waals surface area contributed by atoms with E-state index in [0.29, 0.717) is 25.8 Å². The van der Waals surface area contributed by atoms with Crippen LogP contribution >= 0.6 is 0 Å². The van der Waals surface area contributed by atoms with E-state index < -0.39 is 17.5 Å². The van der Waals surface area contributed by atoms with Gasteiger partial charge in [0.05, 0.1) is 11.5 Å². The maximum atomic E-state index is 10.8. The van der Waals surface area contributed by atoms with Crippen LogP contribution in [0, 0.1) is 5.92 Å². The van der Waals surface area contributed by atoms with Gasteiger partial charge in [-0.05, 0) is 31.4 Å². The summed E-state index contributed by atoms with van der Waals surface area (Å²) >= 11 is 0. The number of para-hydroxylation sites is 1. The zero-order chi connectivity index (χ0) is 12.3. The van der Waals surface area contributed by atoms with E-state index in [1.807, 2.05) is 30.3 Å². The van der Waals surface area contributed by atoms with Gasteiger partial charge in [-0.15, -0.1) is 0 Å². The minimum Gasteiger partial charge on any atom is -0.481 e. The fourth-order valence-electron chi connectivity index (χ4n) is 2.30. The smallest absolute Gasteiger partial charge is 0.306 e. The van der Waals surface area contributed by atoms with Crippen LogP contribution in [0.3, 0.4) is 0 Å². The van der Waals surface area contributed by atoms with Crippen LogP contribution in [0.2, 0.25) is 0 Å². The maximum absolute atomic E-state index is 10.8. The van der Waals surface area contributed by atoms with E-state index in [4.69, 9.17) is 5.11 Å². The van der Waals surface area contributed by atoms with E-state index >= 15 is 0 Å². The first-order valence-corrected chi connectivity index (χ1v) is 5.83. The summed E-state index contributed by atoms with van der Waals surface area (Å²) in [6.07, 6.45) is 1.44. The quantitative estimate of drug-likeness (QED) is 0.743. The number of carboxylic acids is 1. The first-order valence-electron chi connectivity index (χ1n) is 5.83. The molecule has 0 radical (unpaired) electrons. The fourth-order valence-corrected chi connectivity index (χ4v) is 2.30. The van der Waals surface area contributed by atoms with Gasteiger partial charge in [0, 0.05) is 12.2 Å². The molecule has 92 valence electrons.